The SMILES string of the molecule is O=C(c1ccc(Br)cc1)C(Cc1ccccc1)C(O)c1ccccc1. The Morgan fingerprint density at radius 1 is 0.840 bits per heavy atom. The van der Waals surface area contributed by atoms with Crippen molar-refractivity contribution < 1.29 is 9.90 Å². The van der Waals surface area contributed by atoms with E-state index in [0.717, 1.165) is 15.6 Å². The molecule has 0 aliphatic heterocycles. The van der Waals surface area contributed by atoms with E-state index in [1.54, 1.807) is 12.1 Å². The molecule has 0 radical (unpaired) electrons. The van der Waals surface area contributed by atoms with Crippen molar-refractivity contribution in [2.45, 2.75) is 12.5 Å². The van der Waals surface area contributed by atoms with Crippen LogP contribution < -0.4 is 0 Å². The highest BCUT2D eigenvalue weighted by Gasteiger charge is 2.29. The van der Waals surface area contributed by atoms with Crippen LogP contribution in [0.1, 0.15) is 27.6 Å². The number of aliphatic hydroxyl groups is 1. The van der Waals surface area contributed by atoms with E-state index in [9.17, 15) is 9.90 Å². The summed E-state index contributed by atoms with van der Waals surface area (Å²) in [6, 6.07) is 26.5. The van der Waals surface area contributed by atoms with Crippen LogP contribution in [0.5, 0.6) is 0 Å². The van der Waals surface area contributed by atoms with Gasteiger partial charge in [0, 0.05) is 10.0 Å². The van der Waals surface area contributed by atoms with Crippen molar-refractivity contribution in [3.8, 4) is 0 Å². The Morgan fingerprint density at radius 2 is 1.40 bits per heavy atom. The van der Waals surface area contributed by atoms with Gasteiger partial charge in [-0.3, -0.25) is 4.79 Å². The maximum Gasteiger partial charge on any atom is 0.169 e. The fraction of sp³-hybridized carbons (Fsp3) is 0.136. The van der Waals surface area contributed by atoms with Crippen molar-refractivity contribution in [2.75, 3.05) is 0 Å². The molecule has 3 aromatic carbocycles. The van der Waals surface area contributed by atoms with Crippen molar-refractivity contribution in [2.24, 2.45) is 5.92 Å². The standard InChI is InChI=1S/C22H19BrO2/c23-19-13-11-18(12-14-19)22(25)20(15-16-7-3-1-4-8-16)21(24)17-9-5-2-6-10-17/h1-14,20-21,24H,15H2. The van der Waals surface area contributed by atoms with Gasteiger partial charge in [-0.1, -0.05) is 88.7 Å². The van der Waals surface area contributed by atoms with E-state index in [-0.39, 0.29) is 5.78 Å². The van der Waals surface area contributed by atoms with Gasteiger partial charge in [-0.05, 0) is 29.7 Å². The number of carbonyl (C=O) groups excluding carboxylic acids is 1. The monoisotopic (exact) mass is 394 g/mol. The van der Waals surface area contributed by atoms with E-state index in [1.807, 2.05) is 72.8 Å². The maximum atomic E-state index is 13.1. The van der Waals surface area contributed by atoms with Crippen LogP contribution in [-0.4, -0.2) is 10.9 Å². The lowest BCUT2D eigenvalue weighted by Crippen LogP contribution is -2.25. The van der Waals surface area contributed by atoms with Crippen molar-refractivity contribution in [3.63, 3.8) is 0 Å². The summed E-state index contributed by atoms with van der Waals surface area (Å²) in [5.41, 5.74) is 2.40. The summed E-state index contributed by atoms with van der Waals surface area (Å²) in [6.45, 7) is 0. The number of Topliss-reactive ketones (excluding diaryl/α,β-unsaturated/α-hetero) is 1. The number of benzene rings is 3. The average molecular weight is 395 g/mol. The predicted octanol–water partition coefficient (Wildman–Crippen LogP) is 5.22. The first kappa shape index (κ1) is 17.6. The molecule has 0 spiro atoms. The molecule has 1 N–H and O–H groups in total. The molecule has 0 aliphatic rings. The van der Waals surface area contributed by atoms with Crippen LogP contribution in [0.15, 0.2) is 89.4 Å². The Kier molecular flexibility index (Phi) is 5.79. The minimum atomic E-state index is -0.849. The second kappa shape index (κ2) is 8.24. The van der Waals surface area contributed by atoms with Crippen molar-refractivity contribution in [3.05, 3.63) is 106 Å². The molecular formula is C22H19BrO2. The van der Waals surface area contributed by atoms with E-state index in [2.05, 4.69) is 15.9 Å². The van der Waals surface area contributed by atoms with E-state index < -0.39 is 12.0 Å². The van der Waals surface area contributed by atoms with Crippen LogP contribution >= 0.6 is 15.9 Å². The molecule has 3 heteroatoms. The smallest absolute Gasteiger partial charge is 0.169 e. The van der Waals surface area contributed by atoms with Crippen LogP contribution in [-0.2, 0) is 6.42 Å². The van der Waals surface area contributed by atoms with Gasteiger partial charge < -0.3 is 5.11 Å². The zero-order valence-corrected chi connectivity index (χ0v) is 15.3. The Bertz CT molecular complexity index is 814. The minimum Gasteiger partial charge on any atom is -0.388 e. The summed E-state index contributed by atoms with van der Waals surface area (Å²) in [4.78, 5) is 13.1. The summed E-state index contributed by atoms with van der Waals surface area (Å²) < 4.78 is 0.923. The van der Waals surface area contributed by atoms with Gasteiger partial charge in [0.15, 0.2) is 5.78 Å². The molecule has 0 heterocycles. The van der Waals surface area contributed by atoms with E-state index >= 15 is 0 Å². The largest absolute Gasteiger partial charge is 0.388 e. The third-order valence-electron chi connectivity index (χ3n) is 4.29. The molecule has 0 aliphatic carbocycles. The number of hydrogen-bond donors (Lipinski definition) is 1. The molecule has 126 valence electrons. The highest BCUT2D eigenvalue weighted by atomic mass is 79.9. The van der Waals surface area contributed by atoms with Crippen LogP contribution in [0.25, 0.3) is 0 Å². The topological polar surface area (TPSA) is 37.3 Å². The first-order valence-corrected chi connectivity index (χ1v) is 9.01. The van der Waals surface area contributed by atoms with E-state index in [4.69, 9.17) is 0 Å². The fourth-order valence-electron chi connectivity index (χ4n) is 2.93. The van der Waals surface area contributed by atoms with E-state index in [0.29, 0.717) is 12.0 Å². The van der Waals surface area contributed by atoms with Crippen molar-refractivity contribution in [1.29, 1.82) is 0 Å². The third kappa shape index (κ3) is 4.44. The molecule has 25 heavy (non-hydrogen) atoms. The Morgan fingerprint density at radius 3 is 2.00 bits per heavy atom. The molecule has 0 aromatic heterocycles. The Hall–Kier alpha value is -2.23. The summed E-state index contributed by atoms with van der Waals surface area (Å²) >= 11 is 3.39. The Balaban J connectivity index is 1.93. The van der Waals surface area contributed by atoms with Crippen LogP contribution in [0.3, 0.4) is 0 Å². The number of carbonyl (C=O) groups is 1. The summed E-state index contributed by atoms with van der Waals surface area (Å²) in [6.07, 6.45) is -0.358. The lowest BCUT2D eigenvalue weighted by Gasteiger charge is -2.22. The summed E-state index contributed by atoms with van der Waals surface area (Å²) in [7, 11) is 0. The molecule has 0 fully saturated rings. The van der Waals surface area contributed by atoms with Gasteiger partial charge >= 0.3 is 0 Å². The van der Waals surface area contributed by atoms with Crippen LogP contribution in [0.4, 0.5) is 0 Å². The second-order valence-electron chi connectivity index (χ2n) is 6.02. The zero-order chi connectivity index (χ0) is 17.6. The van der Waals surface area contributed by atoms with Gasteiger partial charge in [0.1, 0.15) is 0 Å². The normalized spacial score (nSPS) is 13.2. The average Bonchev–Trinajstić information content (AvgIpc) is 2.67. The quantitative estimate of drug-likeness (QED) is 0.581. The van der Waals surface area contributed by atoms with E-state index in [1.165, 1.54) is 0 Å². The molecule has 0 amide bonds. The molecule has 2 nitrogen and oxygen atoms in total. The van der Waals surface area contributed by atoms with Gasteiger partial charge in [0.2, 0.25) is 0 Å². The minimum absolute atomic E-state index is 0.0484. The summed E-state index contributed by atoms with van der Waals surface area (Å²) in [5.74, 6) is -0.585. The van der Waals surface area contributed by atoms with Gasteiger partial charge in [-0.2, -0.15) is 0 Å². The lowest BCUT2D eigenvalue weighted by molar-refractivity contribution is 0.0676. The number of hydrogen-bond acceptors (Lipinski definition) is 2. The molecular weight excluding hydrogens is 376 g/mol. The zero-order valence-electron chi connectivity index (χ0n) is 13.7. The second-order valence-corrected chi connectivity index (χ2v) is 6.94. The molecule has 3 rings (SSSR count). The van der Waals surface area contributed by atoms with Gasteiger partial charge in [0.25, 0.3) is 0 Å². The molecule has 3 aromatic rings. The molecule has 0 saturated heterocycles. The van der Waals surface area contributed by atoms with Crippen LogP contribution in [0, 0.1) is 5.92 Å². The molecule has 0 bridgehead atoms. The lowest BCUT2D eigenvalue weighted by atomic mass is 9.84. The number of aliphatic hydroxyl groups excluding tert-OH is 1. The molecule has 0 saturated carbocycles. The molecule has 2 unspecified atom stereocenters. The van der Waals surface area contributed by atoms with Crippen molar-refractivity contribution >= 4 is 21.7 Å². The number of ketones is 1. The first-order chi connectivity index (χ1) is 12.1. The van der Waals surface area contributed by atoms with Gasteiger partial charge in [-0.15, -0.1) is 0 Å². The predicted molar refractivity (Wildman–Crippen MR) is 104 cm³/mol. The highest BCUT2D eigenvalue weighted by Crippen LogP contribution is 2.29. The van der Waals surface area contributed by atoms with Gasteiger partial charge in [-0.25, -0.2) is 0 Å². The summed E-state index contributed by atoms with van der Waals surface area (Å²) in [5, 5.41) is 10.9. The molecule has 2 atom stereocenters. The Labute approximate surface area is 156 Å². The first-order valence-electron chi connectivity index (χ1n) is 8.22. The van der Waals surface area contributed by atoms with Gasteiger partial charge in [0.05, 0.1) is 12.0 Å². The number of rotatable bonds is 6. The fourth-order valence-corrected chi connectivity index (χ4v) is 3.19. The third-order valence-corrected chi connectivity index (χ3v) is 4.81. The van der Waals surface area contributed by atoms with Crippen molar-refractivity contribution in [1.82, 2.24) is 0 Å². The highest BCUT2D eigenvalue weighted by molar-refractivity contribution is 9.10. The maximum absolute atomic E-state index is 13.1. The van der Waals surface area contributed by atoms with Crippen LogP contribution in [0.2, 0.25) is 0 Å². The number of halogens is 1.